The van der Waals surface area contributed by atoms with Gasteiger partial charge in [0, 0.05) is 31.1 Å². The second-order valence-electron chi connectivity index (χ2n) is 5.90. The number of benzene rings is 3. The molecule has 0 N–H and O–H groups in total. The van der Waals surface area contributed by atoms with Gasteiger partial charge in [0.05, 0.1) is 10.4 Å². The van der Waals surface area contributed by atoms with Crippen molar-refractivity contribution in [2.24, 2.45) is 0 Å². The van der Waals surface area contributed by atoms with E-state index in [1.54, 1.807) is 42.6 Å². The van der Waals surface area contributed by atoms with Gasteiger partial charge in [0.25, 0.3) is 0 Å². The van der Waals surface area contributed by atoms with E-state index in [4.69, 9.17) is 0 Å². The first kappa shape index (κ1) is 18.5. The molecule has 0 spiro atoms. The van der Waals surface area contributed by atoms with Gasteiger partial charge in [-0.1, -0.05) is 54.1 Å². The first-order chi connectivity index (χ1) is 12.0. The SMILES string of the molecule is Cc1ccc(S(=O)(=O)[N-]c2cccc3ccc4cccnc4c23)cc1.[Zn]. The summed E-state index contributed by atoms with van der Waals surface area (Å²) in [5.74, 6) is 0. The van der Waals surface area contributed by atoms with Crippen LogP contribution in [0.2, 0.25) is 0 Å². The van der Waals surface area contributed by atoms with Crippen molar-refractivity contribution in [2.45, 2.75) is 11.8 Å². The Kier molecular flexibility index (Phi) is 5.08. The predicted octanol–water partition coefficient (Wildman–Crippen LogP) is 5.09. The largest absolute Gasteiger partial charge is 0.572 e. The van der Waals surface area contributed by atoms with Crippen LogP contribution in [0, 0.1) is 6.92 Å². The number of fused-ring (bicyclic) bond motifs is 3. The molecule has 0 aliphatic carbocycles. The Morgan fingerprint density at radius 2 is 1.54 bits per heavy atom. The Morgan fingerprint density at radius 3 is 2.31 bits per heavy atom. The average molecular weight is 413 g/mol. The first-order valence-corrected chi connectivity index (χ1v) is 9.30. The Bertz CT molecular complexity index is 1190. The molecule has 0 radical (unpaired) electrons. The van der Waals surface area contributed by atoms with Crippen molar-refractivity contribution in [3.63, 3.8) is 0 Å². The minimum atomic E-state index is -3.79. The summed E-state index contributed by atoms with van der Waals surface area (Å²) in [6, 6.07) is 19.9. The van der Waals surface area contributed by atoms with Crippen LogP contribution in [0.15, 0.2) is 77.8 Å². The third-order valence-corrected chi connectivity index (χ3v) is 5.44. The van der Waals surface area contributed by atoms with E-state index in [9.17, 15) is 8.42 Å². The van der Waals surface area contributed by atoms with Gasteiger partial charge < -0.3 is 4.72 Å². The molecule has 4 aromatic rings. The summed E-state index contributed by atoms with van der Waals surface area (Å²) in [4.78, 5) is 4.61. The molecule has 126 valence electrons. The van der Waals surface area contributed by atoms with Gasteiger partial charge in [0.15, 0.2) is 0 Å². The smallest absolute Gasteiger partial charge is 0.123 e. The molecule has 6 heteroatoms. The fourth-order valence-electron chi connectivity index (χ4n) is 2.86. The van der Waals surface area contributed by atoms with Crippen molar-refractivity contribution < 1.29 is 27.9 Å². The summed E-state index contributed by atoms with van der Waals surface area (Å²) in [5.41, 5.74) is 2.15. The van der Waals surface area contributed by atoms with E-state index in [2.05, 4.69) is 9.71 Å². The van der Waals surface area contributed by atoms with E-state index in [-0.39, 0.29) is 24.4 Å². The van der Waals surface area contributed by atoms with E-state index >= 15 is 0 Å². The zero-order valence-corrected chi connectivity index (χ0v) is 18.0. The van der Waals surface area contributed by atoms with E-state index in [1.807, 2.05) is 37.3 Å². The quantitative estimate of drug-likeness (QED) is 0.348. The molecular weight excluding hydrogens is 398 g/mol. The predicted molar refractivity (Wildman–Crippen MR) is 101 cm³/mol. The number of aromatic nitrogens is 1. The van der Waals surface area contributed by atoms with Gasteiger partial charge in [-0.15, -0.1) is 5.69 Å². The van der Waals surface area contributed by atoms with Crippen LogP contribution in [0.5, 0.6) is 0 Å². The normalized spacial score (nSPS) is 11.3. The van der Waals surface area contributed by atoms with Gasteiger partial charge in [-0.25, -0.2) is 8.42 Å². The second-order valence-corrected chi connectivity index (χ2v) is 7.50. The van der Waals surface area contributed by atoms with Gasteiger partial charge in [-0.05, 0) is 35.9 Å². The molecular formula is C20H15N2O2SZn-. The van der Waals surface area contributed by atoms with Crippen molar-refractivity contribution in [3.8, 4) is 0 Å². The zero-order chi connectivity index (χ0) is 17.4. The zero-order valence-electron chi connectivity index (χ0n) is 14.3. The van der Waals surface area contributed by atoms with Gasteiger partial charge in [-0.3, -0.25) is 4.98 Å². The van der Waals surface area contributed by atoms with Crippen molar-refractivity contribution in [2.75, 3.05) is 0 Å². The van der Waals surface area contributed by atoms with Gasteiger partial charge in [-0.2, -0.15) is 0 Å². The fraction of sp³-hybridized carbons (Fsp3) is 0.0500. The van der Waals surface area contributed by atoms with Crippen LogP contribution in [-0.4, -0.2) is 13.4 Å². The van der Waals surface area contributed by atoms with Crippen LogP contribution in [0.1, 0.15) is 5.56 Å². The van der Waals surface area contributed by atoms with Crippen LogP contribution in [0.4, 0.5) is 5.69 Å². The Hall–Kier alpha value is -2.30. The molecule has 0 unspecified atom stereocenters. The third-order valence-electron chi connectivity index (χ3n) is 4.13. The van der Waals surface area contributed by atoms with Crippen LogP contribution in [-0.2, 0) is 29.5 Å². The van der Waals surface area contributed by atoms with E-state index in [1.165, 1.54) is 0 Å². The molecule has 0 saturated carbocycles. The molecule has 4 rings (SSSR count). The second kappa shape index (κ2) is 7.14. The maximum atomic E-state index is 12.7. The van der Waals surface area contributed by atoms with Crippen molar-refractivity contribution in [1.29, 1.82) is 0 Å². The maximum absolute atomic E-state index is 12.7. The number of hydrogen-bond acceptors (Lipinski definition) is 3. The van der Waals surface area contributed by atoms with Crippen LogP contribution in [0.25, 0.3) is 26.4 Å². The van der Waals surface area contributed by atoms with Crippen molar-refractivity contribution in [1.82, 2.24) is 4.98 Å². The summed E-state index contributed by atoms with van der Waals surface area (Å²) in [6.07, 6.45) is 1.70. The number of hydrogen-bond donors (Lipinski definition) is 0. The molecule has 3 aromatic carbocycles. The van der Waals surface area contributed by atoms with Crippen LogP contribution >= 0.6 is 0 Å². The first-order valence-electron chi connectivity index (χ1n) is 7.86. The third kappa shape index (κ3) is 3.35. The molecule has 0 saturated heterocycles. The number of rotatable bonds is 3. The molecule has 4 nitrogen and oxygen atoms in total. The summed E-state index contributed by atoms with van der Waals surface area (Å²) in [6.45, 7) is 1.91. The van der Waals surface area contributed by atoms with Crippen molar-refractivity contribution >= 4 is 37.4 Å². The molecule has 0 amide bonds. The number of sulfonamides is 1. The number of aryl methyl sites for hydroxylation is 1. The van der Waals surface area contributed by atoms with E-state index in [0.29, 0.717) is 5.69 Å². The Labute approximate surface area is 165 Å². The summed E-state index contributed by atoms with van der Waals surface area (Å²) < 4.78 is 29.5. The fourth-order valence-corrected chi connectivity index (χ4v) is 3.86. The monoisotopic (exact) mass is 411 g/mol. The molecule has 1 aromatic heterocycles. The van der Waals surface area contributed by atoms with E-state index in [0.717, 1.165) is 27.2 Å². The van der Waals surface area contributed by atoms with Crippen LogP contribution in [0.3, 0.4) is 0 Å². The Morgan fingerprint density at radius 1 is 0.846 bits per heavy atom. The average Bonchev–Trinajstić information content (AvgIpc) is 2.61. The van der Waals surface area contributed by atoms with Gasteiger partial charge in [0.1, 0.15) is 10.0 Å². The minimum absolute atomic E-state index is 0. The van der Waals surface area contributed by atoms with Gasteiger partial charge >= 0.3 is 0 Å². The van der Waals surface area contributed by atoms with E-state index < -0.39 is 10.0 Å². The minimum Gasteiger partial charge on any atom is -0.572 e. The Balaban J connectivity index is 0.00000196. The molecule has 26 heavy (non-hydrogen) atoms. The van der Waals surface area contributed by atoms with Crippen LogP contribution < -0.4 is 0 Å². The topological polar surface area (TPSA) is 61.1 Å². The summed E-state index contributed by atoms with van der Waals surface area (Å²) >= 11 is 0. The number of pyridine rings is 1. The molecule has 0 fully saturated rings. The molecule has 0 atom stereocenters. The van der Waals surface area contributed by atoms with Gasteiger partial charge in [0.2, 0.25) is 0 Å². The summed E-state index contributed by atoms with van der Waals surface area (Å²) in [5, 5.41) is 2.60. The maximum Gasteiger partial charge on any atom is 0.123 e. The molecule has 0 aliphatic heterocycles. The summed E-state index contributed by atoms with van der Waals surface area (Å²) in [7, 11) is -3.79. The molecule has 0 aliphatic rings. The molecule has 1 heterocycles. The van der Waals surface area contributed by atoms with Crippen molar-refractivity contribution in [3.05, 3.63) is 83.2 Å². The molecule has 0 bridgehead atoms. The standard InChI is InChI=1S/C20H15N2O2S.Zn/c1-14-7-11-17(12-8-14)25(23,24)22-18-6-2-4-15-9-10-16-5-3-13-21-20(16)19(15)18;/h2-13H,1H3;/q-1;. The number of nitrogens with zero attached hydrogens (tertiary/aromatic N) is 2.